The minimum Gasteiger partial charge on any atom is -0.480 e. The van der Waals surface area contributed by atoms with Crippen molar-refractivity contribution in [2.24, 2.45) is 0 Å². The van der Waals surface area contributed by atoms with Gasteiger partial charge in [-0.3, -0.25) is 4.40 Å². The van der Waals surface area contributed by atoms with Gasteiger partial charge in [0.15, 0.2) is 10.1 Å². The first kappa shape index (κ1) is 10.5. The average Bonchev–Trinajstić information content (AvgIpc) is 3.03. The summed E-state index contributed by atoms with van der Waals surface area (Å²) in [5, 5.41) is 8.10. The van der Waals surface area contributed by atoms with E-state index in [9.17, 15) is 0 Å². The zero-order chi connectivity index (χ0) is 11.7. The fourth-order valence-electron chi connectivity index (χ4n) is 1.61. The van der Waals surface area contributed by atoms with E-state index in [4.69, 9.17) is 4.74 Å². The third kappa shape index (κ3) is 1.87. The molecule has 17 heavy (non-hydrogen) atoms. The molecule has 0 saturated carbocycles. The summed E-state index contributed by atoms with van der Waals surface area (Å²) < 4.78 is 7.31. The van der Waals surface area contributed by atoms with Crippen LogP contribution < -0.4 is 10.1 Å². The maximum atomic E-state index is 5.28. The minimum atomic E-state index is 0.647. The van der Waals surface area contributed by atoms with E-state index in [2.05, 4.69) is 15.3 Å². The number of hydrogen-bond acceptors (Lipinski definition) is 6. The van der Waals surface area contributed by atoms with Crippen LogP contribution in [0, 0.1) is 0 Å². The van der Waals surface area contributed by atoms with Crippen LogP contribution >= 0.6 is 22.7 Å². The van der Waals surface area contributed by atoms with Crippen molar-refractivity contribution in [3.8, 4) is 5.88 Å². The number of rotatable bonds is 4. The largest absolute Gasteiger partial charge is 0.480 e. The molecule has 0 spiro atoms. The molecule has 88 valence electrons. The monoisotopic (exact) mass is 266 g/mol. The lowest BCUT2D eigenvalue weighted by Crippen LogP contribution is -2.03. The van der Waals surface area contributed by atoms with Gasteiger partial charge in [-0.15, -0.1) is 22.7 Å². The Morgan fingerprint density at radius 2 is 2.35 bits per heavy atom. The van der Waals surface area contributed by atoms with Crippen LogP contribution in [0.1, 0.15) is 5.69 Å². The highest BCUT2D eigenvalue weighted by Gasteiger charge is 2.13. The van der Waals surface area contributed by atoms with Crippen molar-refractivity contribution in [2.75, 3.05) is 12.4 Å². The number of ether oxygens (including phenoxy) is 1. The van der Waals surface area contributed by atoms with Crippen LogP contribution in [-0.2, 0) is 6.54 Å². The quantitative estimate of drug-likeness (QED) is 0.788. The summed E-state index contributed by atoms with van der Waals surface area (Å²) >= 11 is 3.17. The Morgan fingerprint density at radius 1 is 1.41 bits per heavy atom. The Balaban J connectivity index is 1.89. The average molecular weight is 266 g/mol. The normalized spacial score (nSPS) is 10.9. The van der Waals surface area contributed by atoms with Crippen LogP contribution in [0.4, 0.5) is 5.13 Å². The Bertz CT molecular complexity index is 613. The van der Waals surface area contributed by atoms with E-state index in [0.717, 1.165) is 15.8 Å². The van der Waals surface area contributed by atoms with Crippen molar-refractivity contribution in [3.05, 3.63) is 28.8 Å². The summed E-state index contributed by atoms with van der Waals surface area (Å²) in [7, 11) is 1.64. The van der Waals surface area contributed by atoms with Crippen molar-refractivity contribution in [3.63, 3.8) is 0 Å². The zero-order valence-electron chi connectivity index (χ0n) is 9.08. The molecule has 0 unspecified atom stereocenters. The van der Waals surface area contributed by atoms with Crippen molar-refractivity contribution < 1.29 is 4.74 Å². The number of fused-ring (bicyclic) bond motifs is 1. The van der Waals surface area contributed by atoms with Crippen molar-refractivity contribution in [1.29, 1.82) is 0 Å². The number of aromatic nitrogens is 3. The first-order valence-electron chi connectivity index (χ1n) is 5.00. The van der Waals surface area contributed by atoms with Crippen LogP contribution in [0.5, 0.6) is 5.88 Å². The predicted molar refractivity (Wildman–Crippen MR) is 69.1 cm³/mol. The minimum absolute atomic E-state index is 0.647. The number of thiazole rings is 2. The van der Waals surface area contributed by atoms with Gasteiger partial charge in [-0.1, -0.05) is 0 Å². The molecule has 0 fully saturated rings. The molecule has 7 heteroatoms. The van der Waals surface area contributed by atoms with Gasteiger partial charge in [0.1, 0.15) is 5.69 Å². The number of nitrogens with zero attached hydrogens (tertiary/aromatic N) is 3. The summed E-state index contributed by atoms with van der Waals surface area (Å²) in [6.07, 6.45) is 3.77. The van der Waals surface area contributed by atoms with E-state index in [-0.39, 0.29) is 0 Å². The summed E-state index contributed by atoms with van der Waals surface area (Å²) in [6, 6.07) is 0. The Labute approximate surface area is 106 Å². The van der Waals surface area contributed by atoms with Gasteiger partial charge in [-0.2, -0.15) is 4.98 Å². The number of anilines is 1. The number of methoxy groups -OCH3 is 1. The standard InChI is InChI=1S/C10H10N4OS2/c1-15-8-7(6-12-9-11-2-4-16-9)14-3-5-17-10(14)13-8/h2-5H,6H2,1H3,(H,11,12). The van der Waals surface area contributed by atoms with Gasteiger partial charge in [0.2, 0.25) is 5.88 Å². The molecule has 1 N–H and O–H groups in total. The van der Waals surface area contributed by atoms with Gasteiger partial charge in [0.25, 0.3) is 0 Å². The molecule has 0 amide bonds. The topological polar surface area (TPSA) is 51.5 Å². The Hall–Kier alpha value is -1.60. The van der Waals surface area contributed by atoms with Gasteiger partial charge >= 0.3 is 0 Å². The van der Waals surface area contributed by atoms with Crippen LogP contribution in [0.2, 0.25) is 0 Å². The van der Waals surface area contributed by atoms with E-state index in [0.29, 0.717) is 12.4 Å². The fraction of sp³-hybridized carbons (Fsp3) is 0.200. The molecule has 0 aliphatic rings. The van der Waals surface area contributed by atoms with Gasteiger partial charge in [0.05, 0.1) is 13.7 Å². The lowest BCUT2D eigenvalue weighted by atomic mass is 10.4. The molecule has 3 rings (SSSR count). The molecule has 3 aromatic heterocycles. The maximum Gasteiger partial charge on any atom is 0.238 e. The highest BCUT2D eigenvalue weighted by atomic mass is 32.1. The zero-order valence-corrected chi connectivity index (χ0v) is 10.7. The molecular weight excluding hydrogens is 256 g/mol. The third-order valence-corrected chi connectivity index (χ3v) is 3.84. The van der Waals surface area contributed by atoms with Crippen molar-refractivity contribution >= 4 is 32.8 Å². The van der Waals surface area contributed by atoms with Crippen LogP contribution in [-0.4, -0.2) is 21.5 Å². The van der Waals surface area contributed by atoms with Crippen LogP contribution in [0.15, 0.2) is 23.2 Å². The summed E-state index contributed by atoms with van der Waals surface area (Å²) in [5.74, 6) is 0.668. The molecule has 5 nitrogen and oxygen atoms in total. The number of nitrogens with one attached hydrogen (secondary N) is 1. The molecule has 0 saturated heterocycles. The molecule has 3 heterocycles. The van der Waals surface area contributed by atoms with Crippen LogP contribution in [0.3, 0.4) is 0 Å². The fourth-order valence-corrected chi connectivity index (χ4v) is 2.86. The maximum absolute atomic E-state index is 5.28. The Morgan fingerprint density at radius 3 is 3.12 bits per heavy atom. The second-order valence-electron chi connectivity index (χ2n) is 3.31. The van der Waals surface area contributed by atoms with E-state index >= 15 is 0 Å². The number of imidazole rings is 1. The molecule has 0 bridgehead atoms. The van der Waals surface area contributed by atoms with E-state index in [1.54, 1.807) is 36.0 Å². The Kier molecular flexibility index (Phi) is 2.69. The SMILES string of the molecule is COc1nc2sccn2c1CNc1nccs1. The van der Waals surface area contributed by atoms with Gasteiger partial charge in [-0.05, 0) is 0 Å². The first-order chi connectivity index (χ1) is 8.38. The molecule has 0 aliphatic carbocycles. The smallest absolute Gasteiger partial charge is 0.238 e. The number of hydrogen-bond donors (Lipinski definition) is 1. The van der Waals surface area contributed by atoms with Crippen molar-refractivity contribution in [1.82, 2.24) is 14.4 Å². The highest BCUT2D eigenvalue weighted by molar-refractivity contribution is 7.15. The summed E-state index contributed by atoms with van der Waals surface area (Å²) in [4.78, 5) is 9.51. The predicted octanol–water partition coefficient (Wildman–Crippen LogP) is 2.47. The lowest BCUT2D eigenvalue weighted by Gasteiger charge is -2.03. The summed E-state index contributed by atoms with van der Waals surface area (Å²) in [6.45, 7) is 0.647. The van der Waals surface area contributed by atoms with E-state index in [1.165, 1.54) is 0 Å². The molecule has 0 atom stereocenters. The lowest BCUT2D eigenvalue weighted by molar-refractivity contribution is 0.395. The van der Waals surface area contributed by atoms with Crippen LogP contribution in [0.25, 0.3) is 4.96 Å². The van der Waals surface area contributed by atoms with Crippen molar-refractivity contribution in [2.45, 2.75) is 6.54 Å². The highest BCUT2D eigenvalue weighted by Crippen LogP contribution is 2.24. The molecule has 0 aromatic carbocycles. The second kappa shape index (κ2) is 4.34. The summed E-state index contributed by atoms with van der Waals surface area (Å²) in [5.41, 5.74) is 1.01. The molecular formula is C10H10N4OS2. The molecule has 0 aliphatic heterocycles. The van der Waals surface area contributed by atoms with E-state index in [1.807, 2.05) is 21.4 Å². The molecule has 0 radical (unpaired) electrons. The van der Waals surface area contributed by atoms with Gasteiger partial charge < -0.3 is 10.1 Å². The van der Waals surface area contributed by atoms with Gasteiger partial charge in [-0.25, -0.2) is 4.98 Å². The second-order valence-corrected chi connectivity index (χ2v) is 5.08. The first-order valence-corrected chi connectivity index (χ1v) is 6.76. The van der Waals surface area contributed by atoms with Gasteiger partial charge in [0, 0.05) is 23.2 Å². The molecule has 3 aromatic rings. The third-order valence-electron chi connectivity index (χ3n) is 2.36. The van der Waals surface area contributed by atoms with E-state index < -0.39 is 0 Å².